The Morgan fingerprint density at radius 3 is 2.80 bits per heavy atom. The lowest BCUT2D eigenvalue weighted by molar-refractivity contribution is -0.140. The smallest absolute Gasteiger partial charge is 0.306 e. The van der Waals surface area contributed by atoms with Gasteiger partial charge in [0.15, 0.2) is 6.61 Å². The molecule has 1 amide bonds. The summed E-state index contributed by atoms with van der Waals surface area (Å²) in [5.74, 6) is -0.861. The molecule has 1 rings (SSSR count). The minimum Gasteiger partial charge on any atom is -0.484 e. The second kappa shape index (κ2) is 8.39. The van der Waals surface area contributed by atoms with Crippen molar-refractivity contribution < 1.29 is 24.2 Å². The second-order valence-electron chi connectivity index (χ2n) is 4.01. The molecule has 0 aromatic heterocycles. The van der Waals surface area contributed by atoms with Crippen LogP contribution in [0, 0.1) is 0 Å². The number of hydrogen-bond donors (Lipinski definition) is 2. The van der Waals surface area contributed by atoms with Gasteiger partial charge in [0.1, 0.15) is 5.75 Å². The van der Waals surface area contributed by atoms with Gasteiger partial charge in [0.25, 0.3) is 5.91 Å². The van der Waals surface area contributed by atoms with Gasteiger partial charge in [-0.2, -0.15) is 0 Å². The third kappa shape index (κ3) is 6.40. The number of nitrogens with one attached hydrogen (secondary N) is 1. The van der Waals surface area contributed by atoms with Crippen molar-refractivity contribution in [1.29, 1.82) is 0 Å². The van der Waals surface area contributed by atoms with Crippen molar-refractivity contribution in [2.75, 3.05) is 20.3 Å². The van der Waals surface area contributed by atoms with Crippen LogP contribution in [0.5, 0.6) is 5.75 Å². The van der Waals surface area contributed by atoms with Crippen molar-refractivity contribution in [3.63, 3.8) is 0 Å². The Morgan fingerprint density at radius 1 is 1.45 bits per heavy atom. The van der Waals surface area contributed by atoms with Crippen LogP contribution >= 0.6 is 11.6 Å². The van der Waals surface area contributed by atoms with Crippen molar-refractivity contribution in [2.24, 2.45) is 0 Å². The van der Waals surface area contributed by atoms with Crippen molar-refractivity contribution >= 4 is 23.5 Å². The first-order chi connectivity index (χ1) is 9.51. The number of ether oxygens (including phenoxy) is 2. The van der Waals surface area contributed by atoms with Crippen LogP contribution < -0.4 is 10.1 Å². The summed E-state index contributed by atoms with van der Waals surface area (Å²) in [4.78, 5) is 22.1. The highest BCUT2D eigenvalue weighted by atomic mass is 35.5. The minimum absolute atomic E-state index is 0.112. The number of amides is 1. The van der Waals surface area contributed by atoms with Crippen molar-refractivity contribution in [3.8, 4) is 5.75 Å². The molecular formula is C13H16ClNO5. The fourth-order valence-electron chi connectivity index (χ4n) is 1.42. The van der Waals surface area contributed by atoms with Gasteiger partial charge in [-0.15, -0.1) is 0 Å². The van der Waals surface area contributed by atoms with E-state index in [-0.39, 0.29) is 25.5 Å². The fraction of sp³-hybridized carbons (Fsp3) is 0.385. The number of aliphatic carboxylic acids is 1. The Balaban J connectivity index is 2.31. The summed E-state index contributed by atoms with van der Waals surface area (Å²) in [6.07, 6.45) is -0.742. The van der Waals surface area contributed by atoms with Crippen LogP contribution in [0.25, 0.3) is 0 Å². The SMILES string of the molecule is COC(CNC(=O)COc1cccc(Cl)c1)CC(=O)O. The Kier molecular flexibility index (Phi) is 6.83. The summed E-state index contributed by atoms with van der Waals surface area (Å²) in [6.45, 7) is -0.0651. The van der Waals surface area contributed by atoms with Crippen LogP contribution in [-0.4, -0.2) is 43.3 Å². The minimum atomic E-state index is -0.985. The summed E-state index contributed by atoms with van der Waals surface area (Å²) in [6, 6.07) is 6.69. The highest BCUT2D eigenvalue weighted by Crippen LogP contribution is 2.16. The normalized spacial score (nSPS) is 11.7. The topological polar surface area (TPSA) is 84.9 Å². The Labute approximate surface area is 121 Å². The van der Waals surface area contributed by atoms with Crippen LogP contribution in [0.3, 0.4) is 0 Å². The van der Waals surface area contributed by atoms with Crippen LogP contribution in [0.4, 0.5) is 0 Å². The van der Waals surface area contributed by atoms with E-state index in [4.69, 9.17) is 26.2 Å². The maximum absolute atomic E-state index is 11.5. The van der Waals surface area contributed by atoms with E-state index in [9.17, 15) is 9.59 Å². The number of halogens is 1. The molecule has 0 saturated carbocycles. The number of methoxy groups -OCH3 is 1. The number of hydrogen-bond acceptors (Lipinski definition) is 4. The van der Waals surface area contributed by atoms with Gasteiger partial charge in [0, 0.05) is 18.7 Å². The van der Waals surface area contributed by atoms with E-state index in [1.165, 1.54) is 7.11 Å². The maximum atomic E-state index is 11.5. The fourth-order valence-corrected chi connectivity index (χ4v) is 1.60. The van der Waals surface area contributed by atoms with Crippen LogP contribution in [-0.2, 0) is 14.3 Å². The Morgan fingerprint density at radius 2 is 2.20 bits per heavy atom. The van der Waals surface area contributed by atoms with Gasteiger partial charge in [0.05, 0.1) is 12.5 Å². The third-order valence-corrected chi connectivity index (χ3v) is 2.66. The molecule has 0 aliphatic rings. The Hall–Kier alpha value is -1.79. The van der Waals surface area contributed by atoms with Gasteiger partial charge in [-0.1, -0.05) is 17.7 Å². The first kappa shape index (κ1) is 16.3. The van der Waals surface area contributed by atoms with Crippen molar-refractivity contribution in [2.45, 2.75) is 12.5 Å². The average molecular weight is 302 g/mol. The number of carbonyl (C=O) groups is 2. The summed E-state index contributed by atoms with van der Waals surface area (Å²) >= 11 is 5.78. The molecule has 20 heavy (non-hydrogen) atoms. The molecule has 0 radical (unpaired) electrons. The predicted octanol–water partition coefficient (Wildman–Crippen LogP) is 1.32. The molecule has 0 heterocycles. The molecule has 6 nitrogen and oxygen atoms in total. The number of carbonyl (C=O) groups excluding carboxylic acids is 1. The standard InChI is InChI=1S/C13H16ClNO5/c1-19-11(6-13(17)18)7-15-12(16)8-20-10-4-2-3-9(14)5-10/h2-5,11H,6-8H2,1H3,(H,15,16)(H,17,18). The highest BCUT2D eigenvalue weighted by molar-refractivity contribution is 6.30. The maximum Gasteiger partial charge on any atom is 0.306 e. The van der Waals surface area contributed by atoms with Gasteiger partial charge in [-0.05, 0) is 18.2 Å². The number of benzene rings is 1. The van der Waals surface area contributed by atoms with Gasteiger partial charge in [0.2, 0.25) is 0 Å². The van der Waals surface area contributed by atoms with E-state index < -0.39 is 12.1 Å². The largest absolute Gasteiger partial charge is 0.484 e. The number of carboxylic acids is 1. The van der Waals surface area contributed by atoms with Crippen LogP contribution in [0.1, 0.15) is 6.42 Å². The molecule has 0 bridgehead atoms. The van der Waals surface area contributed by atoms with Gasteiger partial charge in [-0.25, -0.2) is 0 Å². The molecule has 0 aliphatic carbocycles. The van der Waals surface area contributed by atoms with E-state index in [1.807, 2.05) is 0 Å². The number of rotatable bonds is 8. The molecule has 7 heteroatoms. The van der Waals surface area contributed by atoms with E-state index in [0.717, 1.165) is 0 Å². The van der Waals surface area contributed by atoms with E-state index in [1.54, 1.807) is 24.3 Å². The number of carboxylic acid groups (broad SMARTS) is 1. The molecule has 0 aliphatic heterocycles. The molecule has 1 aromatic rings. The highest BCUT2D eigenvalue weighted by Gasteiger charge is 2.13. The monoisotopic (exact) mass is 301 g/mol. The van der Waals surface area contributed by atoms with Crippen molar-refractivity contribution in [1.82, 2.24) is 5.32 Å². The zero-order valence-corrected chi connectivity index (χ0v) is 11.7. The molecule has 1 aromatic carbocycles. The van der Waals surface area contributed by atoms with Crippen molar-refractivity contribution in [3.05, 3.63) is 29.3 Å². The van der Waals surface area contributed by atoms with Crippen LogP contribution in [0.2, 0.25) is 5.02 Å². The molecule has 0 saturated heterocycles. The van der Waals surface area contributed by atoms with E-state index in [2.05, 4.69) is 5.32 Å². The molecule has 0 fully saturated rings. The quantitative estimate of drug-likeness (QED) is 0.756. The lowest BCUT2D eigenvalue weighted by atomic mass is 10.2. The third-order valence-electron chi connectivity index (χ3n) is 2.43. The van der Waals surface area contributed by atoms with E-state index in [0.29, 0.717) is 10.8 Å². The summed E-state index contributed by atoms with van der Waals surface area (Å²) in [5, 5.41) is 11.7. The summed E-state index contributed by atoms with van der Waals surface area (Å²) < 4.78 is 10.2. The zero-order valence-electron chi connectivity index (χ0n) is 11.0. The molecule has 110 valence electrons. The molecule has 1 atom stereocenters. The lowest BCUT2D eigenvalue weighted by Crippen LogP contribution is -2.37. The van der Waals surface area contributed by atoms with Gasteiger partial charge in [-0.3, -0.25) is 9.59 Å². The second-order valence-corrected chi connectivity index (χ2v) is 4.44. The van der Waals surface area contributed by atoms with Gasteiger partial charge >= 0.3 is 5.97 Å². The zero-order chi connectivity index (χ0) is 15.0. The van der Waals surface area contributed by atoms with E-state index >= 15 is 0 Å². The lowest BCUT2D eigenvalue weighted by Gasteiger charge is -2.14. The summed E-state index contributed by atoms with van der Waals surface area (Å²) in [7, 11) is 1.39. The Bertz CT molecular complexity index is 466. The van der Waals surface area contributed by atoms with Gasteiger partial charge < -0.3 is 19.9 Å². The molecule has 1 unspecified atom stereocenters. The first-order valence-corrected chi connectivity index (χ1v) is 6.28. The van der Waals surface area contributed by atoms with Crippen LogP contribution in [0.15, 0.2) is 24.3 Å². The average Bonchev–Trinajstić information content (AvgIpc) is 2.40. The predicted molar refractivity (Wildman–Crippen MR) is 73.0 cm³/mol. The summed E-state index contributed by atoms with van der Waals surface area (Å²) in [5.41, 5.74) is 0. The molecular weight excluding hydrogens is 286 g/mol. The molecule has 0 spiro atoms. The molecule has 2 N–H and O–H groups in total. The first-order valence-electron chi connectivity index (χ1n) is 5.91.